The number of rotatable bonds is 2. The van der Waals surface area contributed by atoms with Gasteiger partial charge < -0.3 is 5.73 Å². The molecule has 2 aromatic heterocycles. The summed E-state index contributed by atoms with van der Waals surface area (Å²) in [5.74, 6) is 1.37. The van der Waals surface area contributed by atoms with E-state index in [-0.39, 0.29) is 0 Å². The van der Waals surface area contributed by atoms with Gasteiger partial charge in [0.1, 0.15) is 11.5 Å². The van der Waals surface area contributed by atoms with Crippen LogP contribution in [0.1, 0.15) is 25.5 Å². The second kappa shape index (κ2) is 4.89. The predicted octanol–water partition coefficient (Wildman–Crippen LogP) is 3.40. The number of hydrogen-bond donors (Lipinski definition) is 1. The third-order valence-corrected chi connectivity index (χ3v) is 3.24. The Balaban J connectivity index is 2.25. The van der Waals surface area contributed by atoms with Crippen molar-refractivity contribution >= 4 is 16.6 Å². The Bertz CT molecular complexity index is 760. The van der Waals surface area contributed by atoms with Crippen molar-refractivity contribution in [1.82, 2.24) is 15.0 Å². The molecule has 0 saturated heterocycles. The lowest BCUT2D eigenvalue weighted by Gasteiger charge is -2.09. The van der Waals surface area contributed by atoms with Crippen molar-refractivity contribution in [2.45, 2.75) is 19.8 Å². The lowest BCUT2D eigenvalue weighted by molar-refractivity contribution is 0.817. The largest absolute Gasteiger partial charge is 0.384 e. The van der Waals surface area contributed by atoms with Crippen molar-refractivity contribution < 1.29 is 0 Å². The van der Waals surface area contributed by atoms with Crippen molar-refractivity contribution in [3.63, 3.8) is 0 Å². The summed E-state index contributed by atoms with van der Waals surface area (Å²) in [6, 6.07) is 11.9. The summed E-state index contributed by atoms with van der Waals surface area (Å²) in [4.78, 5) is 13.4. The van der Waals surface area contributed by atoms with Crippen LogP contribution in [0.2, 0.25) is 0 Å². The highest BCUT2D eigenvalue weighted by Gasteiger charge is 2.11. The number of nitrogens with zero attached hydrogens (tertiary/aromatic N) is 3. The van der Waals surface area contributed by atoms with E-state index in [1.165, 1.54) is 0 Å². The minimum Gasteiger partial charge on any atom is -0.384 e. The van der Waals surface area contributed by atoms with Crippen LogP contribution in [0.15, 0.2) is 42.6 Å². The van der Waals surface area contributed by atoms with Crippen LogP contribution in [0.5, 0.6) is 0 Å². The maximum absolute atomic E-state index is 5.90. The van der Waals surface area contributed by atoms with Crippen molar-refractivity contribution in [3.8, 4) is 11.5 Å². The van der Waals surface area contributed by atoms with Gasteiger partial charge in [-0.15, -0.1) is 0 Å². The highest BCUT2D eigenvalue weighted by Crippen LogP contribution is 2.25. The molecule has 0 fully saturated rings. The first kappa shape index (κ1) is 12.5. The normalized spacial score (nSPS) is 11.2. The standard InChI is InChI=1S/C16H16N4/c1-10(2)13-9-14(17)20-16(19-13)15-12-6-4-3-5-11(12)7-8-18-15/h3-10H,1-2H3,(H2,17,19,20). The lowest BCUT2D eigenvalue weighted by Crippen LogP contribution is -2.02. The van der Waals surface area contributed by atoms with E-state index in [1.54, 1.807) is 6.20 Å². The van der Waals surface area contributed by atoms with Crippen molar-refractivity contribution in [2.75, 3.05) is 5.73 Å². The van der Waals surface area contributed by atoms with Gasteiger partial charge in [0.25, 0.3) is 0 Å². The van der Waals surface area contributed by atoms with Crippen LogP contribution in [-0.4, -0.2) is 15.0 Å². The fourth-order valence-corrected chi connectivity index (χ4v) is 2.19. The first-order valence-corrected chi connectivity index (χ1v) is 6.63. The highest BCUT2D eigenvalue weighted by atomic mass is 15.0. The molecule has 0 radical (unpaired) electrons. The maximum atomic E-state index is 5.90. The molecular weight excluding hydrogens is 248 g/mol. The number of nitrogens with two attached hydrogens (primary N) is 1. The van der Waals surface area contributed by atoms with Gasteiger partial charge >= 0.3 is 0 Å². The molecular formula is C16H16N4. The first-order valence-electron chi connectivity index (χ1n) is 6.63. The topological polar surface area (TPSA) is 64.7 Å². The van der Waals surface area contributed by atoms with Crippen LogP contribution in [0.25, 0.3) is 22.3 Å². The average Bonchev–Trinajstić information content (AvgIpc) is 2.46. The molecule has 0 unspecified atom stereocenters. The number of benzene rings is 1. The molecule has 2 heterocycles. The average molecular weight is 264 g/mol. The van der Waals surface area contributed by atoms with E-state index in [2.05, 4.69) is 34.9 Å². The minimum absolute atomic E-state index is 0.300. The van der Waals surface area contributed by atoms with Gasteiger partial charge in [-0.3, -0.25) is 4.98 Å². The fraction of sp³-hybridized carbons (Fsp3) is 0.188. The van der Waals surface area contributed by atoms with Gasteiger partial charge in [0.05, 0.1) is 0 Å². The summed E-state index contributed by atoms with van der Waals surface area (Å²) in [6.45, 7) is 4.17. The van der Waals surface area contributed by atoms with E-state index in [1.807, 2.05) is 30.3 Å². The van der Waals surface area contributed by atoms with Crippen LogP contribution in [0.3, 0.4) is 0 Å². The van der Waals surface area contributed by atoms with Crippen LogP contribution in [-0.2, 0) is 0 Å². The van der Waals surface area contributed by atoms with E-state index in [0.717, 1.165) is 22.2 Å². The second-order valence-electron chi connectivity index (χ2n) is 5.08. The minimum atomic E-state index is 0.300. The molecule has 20 heavy (non-hydrogen) atoms. The number of pyridine rings is 1. The first-order chi connectivity index (χ1) is 9.65. The number of fused-ring (bicyclic) bond motifs is 1. The van der Waals surface area contributed by atoms with Crippen molar-refractivity contribution in [3.05, 3.63) is 48.3 Å². The van der Waals surface area contributed by atoms with E-state index in [9.17, 15) is 0 Å². The van der Waals surface area contributed by atoms with Crippen LogP contribution < -0.4 is 5.73 Å². The molecule has 1 aromatic carbocycles. The Kier molecular flexibility index (Phi) is 3.06. The smallest absolute Gasteiger partial charge is 0.181 e. The third-order valence-electron chi connectivity index (χ3n) is 3.24. The molecule has 0 aliphatic heterocycles. The molecule has 0 amide bonds. The van der Waals surface area contributed by atoms with E-state index in [0.29, 0.717) is 17.6 Å². The Morgan fingerprint density at radius 3 is 2.65 bits per heavy atom. The second-order valence-corrected chi connectivity index (χ2v) is 5.08. The van der Waals surface area contributed by atoms with E-state index < -0.39 is 0 Å². The maximum Gasteiger partial charge on any atom is 0.181 e. The molecule has 3 rings (SSSR count). The zero-order chi connectivity index (χ0) is 14.1. The Morgan fingerprint density at radius 2 is 1.85 bits per heavy atom. The molecule has 3 aromatic rings. The number of anilines is 1. The molecule has 0 atom stereocenters. The van der Waals surface area contributed by atoms with Gasteiger partial charge in [-0.25, -0.2) is 9.97 Å². The molecule has 0 saturated carbocycles. The molecule has 0 aliphatic carbocycles. The van der Waals surface area contributed by atoms with Gasteiger partial charge in [-0.2, -0.15) is 0 Å². The highest BCUT2D eigenvalue weighted by molar-refractivity contribution is 5.92. The quantitative estimate of drug-likeness (QED) is 0.770. The Labute approximate surface area is 117 Å². The summed E-state index contributed by atoms with van der Waals surface area (Å²) in [6.07, 6.45) is 1.78. The number of aromatic nitrogens is 3. The third kappa shape index (κ3) is 2.20. The molecule has 4 nitrogen and oxygen atoms in total. The molecule has 0 aliphatic rings. The predicted molar refractivity (Wildman–Crippen MR) is 81.3 cm³/mol. The SMILES string of the molecule is CC(C)c1cc(N)nc(-c2nccc3ccccc23)n1. The van der Waals surface area contributed by atoms with Gasteiger partial charge in [-0.05, 0) is 17.4 Å². The Morgan fingerprint density at radius 1 is 1.05 bits per heavy atom. The summed E-state index contributed by atoms with van der Waals surface area (Å²) in [5.41, 5.74) is 7.61. The molecule has 4 heteroatoms. The van der Waals surface area contributed by atoms with Crippen molar-refractivity contribution in [2.24, 2.45) is 0 Å². The summed E-state index contributed by atoms with van der Waals surface area (Å²) in [5, 5.41) is 2.16. The lowest BCUT2D eigenvalue weighted by atomic mass is 10.1. The molecule has 0 bridgehead atoms. The zero-order valence-corrected chi connectivity index (χ0v) is 11.5. The molecule has 0 spiro atoms. The van der Waals surface area contributed by atoms with Crippen LogP contribution in [0, 0.1) is 0 Å². The van der Waals surface area contributed by atoms with Crippen molar-refractivity contribution in [1.29, 1.82) is 0 Å². The monoisotopic (exact) mass is 264 g/mol. The summed E-state index contributed by atoms with van der Waals surface area (Å²) in [7, 11) is 0. The van der Waals surface area contributed by atoms with E-state index >= 15 is 0 Å². The molecule has 100 valence electrons. The summed E-state index contributed by atoms with van der Waals surface area (Å²) < 4.78 is 0. The summed E-state index contributed by atoms with van der Waals surface area (Å²) >= 11 is 0. The van der Waals surface area contributed by atoms with Gasteiger partial charge in [0, 0.05) is 23.3 Å². The molecule has 2 N–H and O–H groups in total. The zero-order valence-electron chi connectivity index (χ0n) is 11.5. The van der Waals surface area contributed by atoms with Gasteiger partial charge in [0.15, 0.2) is 5.82 Å². The van der Waals surface area contributed by atoms with Crippen LogP contribution >= 0.6 is 0 Å². The number of nitrogen functional groups attached to an aromatic ring is 1. The Hall–Kier alpha value is -2.49. The fourth-order valence-electron chi connectivity index (χ4n) is 2.19. The van der Waals surface area contributed by atoms with E-state index in [4.69, 9.17) is 5.73 Å². The number of hydrogen-bond acceptors (Lipinski definition) is 4. The van der Waals surface area contributed by atoms with Crippen LogP contribution in [0.4, 0.5) is 5.82 Å². The van der Waals surface area contributed by atoms with Gasteiger partial charge in [-0.1, -0.05) is 38.1 Å². The van der Waals surface area contributed by atoms with Gasteiger partial charge in [0.2, 0.25) is 0 Å².